The van der Waals surface area contributed by atoms with Crippen molar-refractivity contribution in [3.8, 4) is 5.75 Å². The summed E-state index contributed by atoms with van der Waals surface area (Å²) in [6, 6.07) is 8.63. The summed E-state index contributed by atoms with van der Waals surface area (Å²) < 4.78 is 5.24. The van der Waals surface area contributed by atoms with Gasteiger partial charge in [0.1, 0.15) is 5.75 Å². The smallest absolute Gasteiger partial charge is 0.118 e. The normalized spacial score (nSPS) is 14.5. The van der Waals surface area contributed by atoms with Crippen LogP contribution in [0.15, 0.2) is 24.3 Å². The Kier molecular flexibility index (Phi) is 7.72. The topological polar surface area (TPSA) is 41.7 Å². The summed E-state index contributed by atoms with van der Waals surface area (Å²) >= 11 is 0. The van der Waals surface area contributed by atoms with Crippen LogP contribution in [0.2, 0.25) is 0 Å². The molecule has 120 valence electrons. The quantitative estimate of drug-likeness (QED) is 0.759. The maximum Gasteiger partial charge on any atom is 0.118 e. The first kappa shape index (κ1) is 18.0. The molecule has 0 saturated carbocycles. The van der Waals surface area contributed by atoms with E-state index in [1.54, 1.807) is 7.11 Å². The van der Waals surface area contributed by atoms with E-state index in [1.807, 2.05) is 12.1 Å². The van der Waals surface area contributed by atoms with Crippen LogP contribution in [0.3, 0.4) is 0 Å². The SMILES string of the molecule is CCCN(CCN(C)C)C(c1ccc(OC)cc1)C(C)N. The Labute approximate surface area is 129 Å². The van der Waals surface area contributed by atoms with Gasteiger partial charge in [-0.05, 0) is 51.7 Å². The zero-order valence-corrected chi connectivity index (χ0v) is 14.2. The second kappa shape index (κ2) is 9.03. The predicted octanol–water partition coefficient (Wildman–Crippen LogP) is 2.36. The summed E-state index contributed by atoms with van der Waals surface area (Å²) in [6.45, 7) is 7.44. The fraction of sp³-hybridized carbons (Fsp3) is 0.647. The summed E-state index contributed by atoms with van der Waals surface area (Å²) in [7, 11) is 5.91. The van der Waals surface area contributed by atoms with Gasteiger partial charge in [0.15, 0.2) is 0 Å². The first-order valence-corrected chi connectivity index (χ1v) is 7.77. The van der Waals surface area contributed by atoms with E-state index in [-0.39, 0.29) is 12.1 Å². The highest BCUT2D eigenvalue weighted by Gasteiger charge is 2.23. The fourth-order valence-electron chi connectivity index (χ4n) is 2.65. The third-order valence-electron chi connectivity index (χ3n) is 3.69. The fourth-order valence-corrected chi connectivity index (χ4v) is 2.65. The van der Waals surface area contributed by atoms with E-state index < -0.39 is 0 Å². The van der Waals surface area contributed by atoms with Gasteiger partial charge >= 0.3 is 0 Å². The minimum Gasteiger partial charge on any atom is -0.497 e. The standard InChI is InChI=1S/C17H31N3O/c1-6-11-20(13-12-19(3)4)17(14(2)18)15-7-9-16(21-5)10-8-15/h7-10,14,17H,6,11-13,18H2,1-5H3. The molecule has 0 fully saturated rings. The maximum absolute atomic E-state index is 6.29. The van der Waals surface area contributed by atoms with Crippen LogP contribution in [0.5, 0.6) is 5.75 Å². The predicted molar refractivity (Wildman–Crippen MR) is 89.8 cm³/mol. The lowest BCUT2D eigenvalue weighted by molar-refractivity contribution is 0.161. The van der Waals surface area contributed by atoms with Gasteiger partial charge in [-0.25, -0.2) is 0 Å². The van der Waals surface area contributed by atoms with Crippen LogP contribution in [0.1, 0.15) is 31.9 Å². The lowest BCUT2D eigenvalue weighted by Gasteiger charge is -2.35. The van der Waals surface area contributed by atoms with Crippen molar-refractivity contribution in [3.63, 3.8) is 0 Å². The van der Waals surface area contributed by atoms with E-state index in [4.69, 9.17) is 10.5 Å². The van der Waals surface area contributed by atoms with Gasteiger partial charge in [-0.15, -0.1) is 0 Å². The van der Waals surface area contributed by atoms with Crippen molar-refractivity contribution in [2.75, 3.05) is 40.8 Å². The minimum absolute atomic E-state index is 0.0899. The lowest BCUT2D eigenvalue weighted by atomic mass is 9.98. The van der Waals surface area contributed by atoms with E-state index in [2.05, 4.69) is 49.9 Å². The second-order valence-electron chi connectivity index (χ2n) is 5.92. The van der Waals surface area contributed by atoms with Gasteiger partial charge in [0.2, 0.25) is 0 Å². The van der Waals surface area contributed by atoms with Gasteiger partial charge in [-0.1, -0.05) is 19.1 Å². The molecule has 4 heteroatoms. The van der Waals surface area contributed by atoms with Crippen molar-refractivity contribution >= 4 is 0 Å². The summed E-state index contributed by atoms with van der Waals surface area (Å²) in [5.74, 6) is 0.887. The Hall–Kier alpha value is -1.10. The molecule has 4 nitrogen and oxygen atoms in total. The molecule has 1 aromatic rings. The van der Waals surface area contributed by atoms with Crippen molar-refractivity contribution in [2.45, 2.75) is 32.4 Å². The first-order valence-electron chi connectivity index (χ1n) is 7.77. The van der Waals surface area contributed by atoms with E-state index >= 15 is 0 Å². The molecule has 0 amide bonds. The molecule has 0 saturated heterocycles. The Morgan fingerprint density at radius 1 is 1.10 bits per heavy atom. The van der Waals surface area contributed by atoms with E-state index in [9.17, 15) is 0 Å². The molecule has 2 N–H and O–H groups in total. The monoisotopic (exact) mass is 293 g/mol. The van der Waals surface area contributed by atoms with Gasteiger partial charge in [-0.2, -0.15) is 0 Å². The number of hydrogen-bond donors (Lipinski definition) is 1. The third-order valence-corrected chi connectivity index (χ3v) is 3.69. The number of hydrogen-bond acceptors (Lipinski definition) is 4. The zero-order valence-electron chi connectivity index (χ0n) is 14.2. The first-order chi connectivity index (χ1) is 9.99. The van der Waals surface area contributed by atoms with Crippen molar-refractivity contribution in [2.24, 2.45) is 5.73 Å². The van der Waals surface area contributed by atoms with Gasteiger partial charge < -0.3 is 15.4 Å². The molecule has 0 spiro atoms. The van der Waals surface area contributed by atoms with Gasteiger partial charge in [0.25, 0.3) is 0 Å². The Morgan fingerprint density at radius 2 is 1.71 bits per heavy atom. The molecule has 0 aliphatic heterocycles. The molecule has 0 aromatic heterocycles. The zero-order chi connectivity index (χ0) is 15.8. The highest BCUT2D eigenvalue weighted by Crippen LogP contribution is 2.25. The average molecular weight is 293 g/mol. The van der Waals surface area contributed by atoms with E-state index in [1.165, 1.54) is 5.56 Å². The van der Waals surface area contributed by atoms with Crippen LogP contribution in [-0.2, 0) is 0 Å². The molecule has 21 heavy (non-hydrogen) atoms. The van der Waals surface area contributed by atoms with Crippen LogP contribution >= 0.6 is 0 Å². The number of methoxy groups -OCH3 is 1. The average Bonchev–Trinajstić information content (AvgIpc) is 2.45. The minimum atomic E-state index is 0.0899. The van der Waals surface area contributed by atoms with E-state index in [0.717, 1.165) is 31.8 Å². The van der Waals surface area contributed by atoms with Crippen LogP contribution in [0, 0.1) is 0 Å². The molecule has 0 heterocycles. The molecular formula is C17H31N3O. The molecule has 0 radical (unpaired) electrons. The summed E-state index contributed by atoms with van der Waals surface area (Å²) in [5, 5.41) is 0. The van der Waals surface area contributed by atoms with Crippen LogP contribution < -0.4 is 10.5 Å². The van der Waals surface area contributed by atoms with Crippen molar-refractivity contribution in [1.29, 1.82) is 0 Å². The highest BCUT2D eigenvalue weighted by atomic mass is 16.5. The van der Waals surface area contributed by atoms with E-state index in [0.29, 0.717) is 0 Å². The Balaban J connectivity index is 2.93. The number of nitrogens with two attached hydrogens (primary N) is 1. The second-order valence-corrected chi connectivity index (χ2v) is 5.92. The molecule has 2 atom stereocenters. The van der Waals surface area contributed by atoms with Gasteiger partial charge in [-0.3, -0.25) is 4.90 Å². The van der Waals surface area contributed by atoms with Crippen molar-refractivity contribution < 1.29 is 4.74 Å². The van der Waals surface area contributed by atoms with Crippen molar-refractivity contribution in [3.05, 3.63) is 29.8 Å². The lowest BCUT2D eigenvalue weighted by Crippen LogP contribution is -2.42. The molecule has 0 aliphatic carbocycles. The number of benzene rings is 1. The van der Waals surface area contributed by atoms with Crippen LogP contribution in [0.25, 0.3) is 0 Å². The van der Waals surface area contributed by atoms with Gasteiger partial charge in [0.05, 0.1) is 7.11 Å². The third kappa shape index (κ3) is 5.65. The molecule has 1 aromatic carbocycles. The van der Waals surface area contributed by atoms with Crippen LogP contribution in [0.4, 0.5) is 0 Å². The number of rotatable bonds is 9. The molecule has 2 unspecified atom stereocenters. The summed E-state index contributed by atoms with van der Waals surface area (Å²) in [6.07, 6.45) is 1.13. The molecule has 0 aliphatic rings. The summed E-state index contributed by atoms with van der Waals surface area (Å²) in [5.41, 5.74) is 7.55. The molecular weight excluding hydrogens is 262 g/mol. The van der Waals surface area contributed by atoms with Crippen molar-refractivity contribution in [1.82, 2.24) is 9.80 Å². The largest absolute Gasteiger partial charge is 0.497 e. The molecule has 1 rings (SSSR count). The number of ether oxygens (including phenoxy) is 1. The van der Waals surface area contributed by atoms with Crippen LogP contribution in [-0.4, -0.2) is 56.7 Å². The highest BCUT2D eigenvalue weighted by molar-refractivity contribution is 5.30. The molecule has 0 bridgehead atoms. The van der Waals surface area contributed by atoms with Gasteiger partial charge in [0, 0.05) is 25.2 Å². The number of nitrogens with zero attached hydrogens (tertiary/aromatic N) is 2. The summed E-state index contributed by atoms with van der Waals surface area (Å²) in [4.78, 5) is 4.71. The Morgan fingerprint density at radius 3 is 2.14 bits per heavy atom. The number of likely N-dealkylation sites (N-methyl/N-ethyl adjacent to an activating group) is 1. The Bertz CT molecular complexity index is 390. The maximum atomic E-state index is 6.29.